The number of carbonyl (C=O) groups is 2. The Morgan fingerprint density at radius 3 is 2.21 bits per heavy atom. The van der Waals surface area contributed by atoms with Crippen LogP contribution in [-0.2, 0) is 29.9 Å². The molecule has 9 nitrogen and oxygen atoms in total. The Bertz CT molecular complexity index is 1380. The van der Waals surface area contributed by atoms with E-state index >= 15 is 0 Å². The standard InChI is InChI=1S/C21H22F2N4O5S/c1-11-15(10-26(4)24-11)20(29)32-19-17(12(2)25-27(19)5)18(28)14-8-7-13(21(3,22)23)9-16(14)33(6,30)31/h7-10H,1-6H3. The van der Waals surface area contributed by atoms with Crippen molar-refractivity contribution in [2.75, 3.05) is 6.26 Å². The average molecular weight is 480 g/mol. The molecule has 1 aromatic carbocycles. The van der Waals surface area contributed by atoms with Gasteiger partial charge in [0.1, 0.15) is 11.1 Å². The molecular weight excluding hydrogens is 458 g/mol. The van der Waals surface area contributed by atoms with Gasteiger partial charge in [-0.3, -0.25) is 9.48 Å². The van der Waals surface area contributed by atoms with E-state index in [9.17, 15) is 26.8 Å². The van der Waals surface area contributed by atoms with Gasteiger partial charge in [0.2, 0.25) is 11.7 Å². The van der Waals surface area contributed by atoms with Gasteiger partial charge in [-0.1, -0.05) is 6.07 Å². The lowest BCUT2D eigenvalue weighted by Gasteiger charge is -2.14. The maximum Gasteiger partial charge on any atom is 0.348 e. The molecule has 0 N–H and O–H groups in total. The Hall–Kier alpha value is -3.41. The number of carbonyl (C=O) groups excluding carboxylic acids is 2. The summed E-state index contributed by atoms with van der Waals surface area (Å²) in [5, 5.41) is 8.18. The van der Waals surface area contributed by atoms with Crippen molar-refractivity contribution in [1.82, 2.24) is 19.6 Å². The third-order valence-corrected chi connectivity index (χ3v) is 6.09. The van der Waals surface area contributed by atoms with E-state index < -0.39 is 38.0 Å². The average Bonchev–Trinajstić information content (AvgIpc) is 3.16. The molecule has 0 bridgehead atoms. The molecular formula is C21H22F2N4O5S. The predicted octanol–water partition coefficient (Wildman–Crippen LogP) is 2.74. The summed E-state index contributed by atoms with van der Waals surface area (Å²) in [6, 6.07) is 2.78. The predicted molar refractivity (Wildman–Crippen MR) is 113 cm³/mol. The summed E-state index contributed by atoms with van der Waals surface area (Å²) in [5.41, 5.74) is -0.311. The van der Waals surface area contributed by atoms with E-state index in [4.69, 9.17) is 4.74 Å². The van der Waals surface area contributed by atoms with E-state index in [0.717, 1.165) is 24.5 Å². The zero-order valence-corrected chi connectivity index (χ0v) is 19.6. The molecule has 0 aliphatic heterocycles. The van der Waals surface area contributed by atoms with Gasteiger partial charge in [0.05, 0.1) is 16.3 Å². The van der Waals surface area contributed by atoms with Crippen LogP contribution in [0.4, 0.5) is 8.78 Å². The largest absolute Gasteiger partial charge is 0.403 e. The Labute approximate surface area is 188 Å². The Morgan fingerprint density at radius 2 is 1.70 bits per heavy atom. The number of aromatic nitrogens is 4. The van der Waals surface area contributed by atoms with Crippen LogP contribution in [0.1, 0.15) is 50.2 Å². The molecule has 0 radical (unpaired) electrons. The van der Waals surface area contributed by atoms with E-state index in [1.807, 2.05) is 0 Å². The highest BCUT2D eigenvalue weighted by Crippen LogP contribution is 2.33. The van der Waals surface area contributed by atoms with E-state index in [2.05, 4.69) is 10.2 Å². The lowest BCUT2D eigenvalue weighted by Crippen LogP contribution is -2.16. The summed E-state index contributed by atoms with van der Waals surface area (Å²) in [6.45, 7) is 3.72. The molecule has 3 rings (SSSR count). The summed E-state index contributed by atoms with van der Waals surface area (Å²) in [6.07, 6.45) is 2.27. The molecule has 0 aliphatic carbocycles. The molecule has 0 saturated heterocycles. The highest BCUT2D eigenvalue weighted by atomic mass is 32.2. The quantitative estimate of drug-likeness (QED) is 0.394. The van der Waals surface area contributed by atoms with Crippen molar-refractivity contribution in [3.63, 3.8) is 0 Å². The SMILES string of the molecule is Cc1nn(C)cc1C(=O)Oc1c(C(=O)c2ccc(C(C)(F)F)cc2S(C)(=O)=O)c(C)nn1C. The monoisotopic (exact) mass is 480 g/mol. The van der Waals surface area contributed by atoms with Gasteiger partial charge in [-0.2, -0.15) is 10.2 Å². The summed E-state index contributed by atoms with van der Waals surface area (Å²) < 4.78 is 60.3. The van der Waals surface area contributed by atoms with Gasteiger partial charge in [0.25, 0.3) is 5.92 Å². The van der Waals surface area contributed by atoms with Crippen LogP contribution in [0.5, 0.6) is 5.88 Å². The van der Waals surface area contributed by atoms with E-state index in [1.54, 1.807) is 14.0 Å². The molecule has 0 unspecified atom stereocenters. The van der Waals surface area contributed by atoms with Crippen molar-refractivity contribution in [2.24, 2.45) is 14.1 Å². The van der Waals surface area contributed by atoms with Gasteiger partial charge >= 0.3 is 5.97 Å². The lowest BCUT2D eigenvalue weighted by atomic mass is 10.0. The molecule has 2 aromatic heterocycles. The van der Waals surface area contributed by atoms with Crippen LogP contribution in [-0.4, -0.2) is 46.0 Å². The Kier molecular flexibility index (Phi) is 6.01. The third-order valence-electron chi connectivity index (χ3n) is 4.95. The topological polar surface area (TPSA) is 113 Å². The number of halogens is 2. The first-order valence-electron chi connectivity index (χ1n) is 9.64. The number of esters is 1. The molecule has 3 aromatic rings. The molecule has 0 aliphatic rings. The molecule has 2 heterocycles. The number of hydrogen-bond donors (Lipinski definition) is 0. The zero-order chi connectivity index (χ0) is 24.9. The molecule has 12 heteroatoms. The summed E-state index contributed by atoms with van der Waals surface area (Å²) >= 11 is 0. The maximum atomic E-state index is 13.8. The van der Waals surface area contributed by atoms with Gasteiger partial charge in [-0.25, -0.2) is 26.7 Å². The first kappa shape index (κ1) is 24.2. The molecule has 176 valence electrons. The minimum absolute atomic E-state index is 0.159. The molecule has 0 amide bonds. The van der Waals surface area contributed by atoms with Crippen LogP contribution < -0.4 is 4.74 Å². The first-order valence-corrected chi connectivity index (χ1v) is 11.5. The molecule has 0 fully saturated rings. The minimum atomic E-state index is -4.06. The molecule has 0 spiro atoms. The van der Waals surface area contributed by atoms with Crippen LogP contribution in [0.3, 0.4) is 0 Å². The fourth-order valence-corrected chi connectivity index (χ4v) is 4.28. The first-order chi connectivity index (χ1) is 15.1. The number of ether oxygens (including phenoxy) is 1. The summed E-state index contributed by atoms with van der Waals surface area (Å²) in [7, 11) is -0.984. The van der Waals surface area contributed by atoms with Crippen molar-refractivity contribution in [3.05, 3.63) is 58.0 Å². The minimum Gasteiger partial charge on any atom is -0.403 e. The number of sulfone groups is 1. The second kappa shape index (κ2) is 8.18. The van der Waals surface area contributed by atoms with Crippen molar-refractivity contribution < 1.29 is 31.5 Å². The summed E-state index contributed by atoms with van der Waals surface area (Å²) in [4.78, 5) is 25.5. The second-order valence-corrected chi connectivity index (χ2v) is 9.77. The van der Waals surface area contributed by atoms with E-state index in [0.29, 0.717) is 12.6 Å². The van der Waals surface area contributed by atoms with Gasteiger partial charge in [-0.05, 0) is 26.0 Å². The molecule has 0 saturated carbocycles. The number of aryl methyl sites for hydroxylation is 4. The fourth-order valence-electron chi connectivity index (χ4n) is 3.38. The van der Waals surface area contributed by atoms with Crippen LogP contribution in [0.15, 0.2) is 29.3 Å². The zero-order valence-electron chi connectivity index (χ0n) is 18.8. The van der Waals surface area contributed by atoms with Crippen molar-refractivity contribution >= 4 is 21.6 Å². The molecule has 0 atom stereocenters. The highest BCUT2D eigenvalue weighted by Gasteiger charge is 2.32. The van der Waals surface area contributed by atoms with E-state index in [1.165, 1.54) is 29.5 Å². The smallest absolute Gasteiger partial charge is 0.348 e. The lowest BCUT2D eigenvalue weighted by molar-refractivity contribution is 0.0172. The fraction of sp³-hybridized carbons (Fsp3) is 0.333. The van der Waals surface area contributed by atoms with Crippen molar-refractivity contribution in [2.45, 2.75) is 31.6 Å². The Balaban J connectivity index is 2.12. The Morgan fingerprint density at radius 1 is 1.06 bits per heavy atom. The van der Waals surface area contributed by atoms with Crippen molar-refractivity contribution in [3.8, 4) is 5.88 Å². The molecule has 33 heavy (non-hydrogen) atoms. The van der Waals surface area contributed by atoms with Gasteiger partial charge in [0, 0.05) is 44.6 Å². The van der Waals surface area contributed by atoms with Crippen LogP contribution in [0, 0.1) is 13.8 Å². The number of alkyl halides is 2. The number of rotatable bonds is 6. The number of ketones is 1. The summed E-state index contributed by atoms with van der Waals surface area (Å²) in [5.74, 6) is -5.15. The van der Waals surface area contributed by atoms with Gasteiger partial charge < -0.3 is 4.74 Å². The normalized spacial score (nSPS) is 12.1. The third kappa shape index (κ3) is 4.70. The second-order valence-electron chi connectivity index (χ2n) is 7.78. The van der Waals surface area contributed by atoms with Gasteiger partial charge in [0.15, 0.2) is 9.84 Å². The number of benzene rings is 1. The van der Waals surface area contributed by atoms with Crippen LogP contribution in [0.2, 0.25) is 0 Å². The van der Waals surface area contributed by atoms with Crippen LogP contribution >= 0.6 is 0 Å². The number of nitrogens with zero attached hydrogens (tertiary/aromatic N) is 4. The van der Waals surface area contributed by atoms with Crippen LogP contribution in [0.25, 0.3) is 0 Å². The van der Waals surface area contributed by atoms with Gasteiger partial charge in [-0.15, -0.1) is 0 Å². The van der Waals surface area contributed by atoms with E-state index in [-0.39, 0.29) is 28.3 Å². The van der Waals surface area contributed by atoms with Crippen molar-refractivity contribution in [1.29, 1.82) is 0 Å². The highest BCUT2D eigenvalue weighted by molar-refractivity contribution is 7.90. The maximum absolute atomic E-state index is 13.8. The number of hydrogen-bond acceptors (Lipinski definition) is 7.